The molecule has 0 aliphatic heterocycles. The lowest BCUT2D eigenvalue weighted by Crippen LogP contribution is -2.16. The standard InChI is InChI=1S/C19H18N4O4S/c1-11-8-9-15(23(25)26)17(13(11)3)20-16(24)10-28-19-22-21-18(27-19)14-7-5-4-6-12(14)2/h4-9H,10H2,1-3H3,(H,20,24). The number of aryl methyl sites for hydroxylation is 2. The van der Waals surface area contributed by atoms with Crippen molar-refractivity contribution in [2.24, 2.45) is 0 Å². The summed E-state index contributed by atoms with van der Waals surface area (Å²) in [7, 11) is 0. The molecule has 0 atom stereocenters. The fourth-order valence-corrected chi connectivity index (χ4v) is 3.17. The lowest BCUT2D eigenvalue weighted by molar-refractivity contribution is -0.384. The normalized spacial score (nSPS) is 10.7. The molecule has 1 heterocycles. The van der Waals surface area contributed by atoms with E-state index in [2.05, 4.69) is 15.5 Å². The SMILES string of the molecule is Cc1ccccc1-c1nnc(SCC(=O)Nc2c([N+](=O)[O-])ccc(C)c2C)o1. The first-order chi connectivity index (χ1) is 13.4. The minimum atomic E-state index is -0.512. The van der Waals surface area contributed by atoms with Crippen molar-refractivity contribution in [1.29, 1.82) is 0 Å². The molecule has 0 aliphatic carbocycles. The van der Waals surface area contributed by atoms with Crippen LogP contribution in [0.15, 0.2) is 46.0 Å². The van der Waals surface area contributed by atoms with Gasteiger partial charge in [0.2, 0.25) is 11.8 Å². The minimum absolute atomic E-state index is 0.0139. The number of thioether (sulfide) groups is 1. The molecular weight excluding hydrogens is 380 g/mol. The van der Waals surface area contributed by atoms with Crippen LogP contribution in [0.2, 0.25) is 0 Å². The van der Waals surface area contributed by atoms with Crippen molar-refractivity contribution in [1.82, 2.24) is 10.2 Å². The number of nitrogens with zero attached hydrogens (tertiary/aromatic N) is 3. The van der Waals surface area contributed by atoms with E-state index < -0.39 is 10.8 Å². The fraction of sp³-hybridized carbons (Fsp3) is 0.211. The zero-order valence-corrected chi connectivity index (χ0v) is 16.4. The lowest BCUT2D eigenvalue weighted by Gasteiger charge is -2.10. The molecule has 2 aromatic carbocycles. The van der Waals surface area contributed by atoms with Crippen molar-refractivity contribution in [3.8, 4) is 11.5 Å². The molecule has 0 aliphatic rings. The molecule has 8 nitrogen and oxygen atoms in total. The molecule has 9 heteroatoms. The third-order valence-electron chi connectivity index (χ3n) is 4.28. The quantitative estimate of drug-likeness (QED) is 0.374. The van der Waals surface area contributed by atoms with E-state index in [-0.39, 0.29) is 22.4 Å². The molecule has 1 aromatic heterocycles. The van der Waals surface area contributed by atoms with E-state index in [1.54, 1.807) is 13.0 Å². The van der Waals surface area contributed by atoms with Crippen LogP contribution in [0, 0.1) is 30.9 Å². The van der Waals surface area contributed by atoms with Crippen molar-refractivity contribution in [3.05, 3.63) is 63.2 Å². The number of nitrogens with one attached hydrogen (secondary N) is 1. The summed E-state index contributed by atoms with van der Waals surface area (Å²) >= 11 is 1.07. The average Bonchev–Trinajstić information content (AvgIpc) is 3.13. The molecule has 28 heavy (non-hydrogen) atoms. The molecule has 0 saturated heterocycles. The molecule has 0 spiro atoms. The number of rotatable bonds is 6. The van der Waals surface area contributed by atoms with Gasteiger partial charge in [-0.3, -0.25) is 14.9 Å². The van der Waals surface area contributed by atoms with Gasteiger partial charge in [0, 0.05) is 11.6 Å². The van der Waals surface area contributed by atoms with Crippen LogP contribution in [0.4, 0.5) is 11.4 Å². The van der Waals surface area contributed by atoms with Crippen molar-refractivity contribution in [3.63, 3.8) is 0 Å². The topological polar surface area (TPSA) is 111 Å². The Morgan fingerprint density at radius 3 is 2.61 bits per heavy atom. The molecule has 0 fully saturated rings. The van der Waals surface area contributed by atoms with Crippen molar-refractivity contribution in [2.45, 2.75) is 26.0 Å². The lowest BCUT2D eigenvalue weighted by atomic mass is 10.1. The van der Waals surface area contributed by atoms with Crippen LogP contribution in [0.5, 0.6) is 0 Å². The average molecular weight is 398 g/mol. The fourth-order valence-electron chi connectivity index (χ4n) is 2.60. The molecule has 0 saturated carbocycles. The number of amides is 1. The molecule has 0 bridgehead atoms. The van der Waals surface area contributed by atoms with Gasteiger partial charge in [0.15, 0.2) is 0 Å². The summed E-state index contributed by atoms with van der Waals surface area (Å²) in [5, 5.41) is 22.1. The Labute approximate surface area is 165 Å². The number of nitro groups is 1. The third-order valence-corrected chi connectivity index (χ3v) is 5.10. The van der Waals surface area contributed by atoms with E-state index in [1.807, 2.05) is 38.1 Å². The van der Waals surface area contributed by atoms with Gasteiger partial charge in [0.05, 0.1) is 10.7 Å². The maximum atomic E-state index is 12.3. The molecule has 1 N–H and O–H groups in total. The van der Waals surface area contributed by atoms with Gasteiger partial charge in [-0.05, 0) is 43.5 Å². The van der Waals surface area contributed by atoms with Crippen LogP contribution < -0.4 is 5.32 Å². The van der Waals surface area contributed by atoms with Gasteiger partial charge in [-0.25, -0.2) is 0 Å². The van der Waals surface area contributed by atoms with E-state index in [1.165, 1.54) is 6.07 Å². The Morgan fingerprint density at radius 1 is 1.14 bits per heavy atom. The smallest absolute Gasteiger partial charge is 0.293 e. The highest BCUT2D eigenvalue weighted by atomic mass is 32.2. The van der Waals surface area contributed by atoms with E-state index in [0.29, 0.717) is 11.5 Å². The van der Waals surface area contributed by atoms with Crippen LogP contribution in [0.1, 0.15) is 16.7 Å². The van der Waals surface area contributed by atoms with Gasteiger partial charge >= 0.3 is 0 Å². The summed E-state index contributed by atoms with van der Waals surface area (Å²) in [6.45, 7) is 5.50. The van der Waals surface area contributed by atoms with Crippen molar-refractivity contribution >= 4 is 29.0 Å². The molecule has 0 unspecified atom stereocenters. The summed E-state index contributed by atoms with van der Waals surface area (Å²) in [6, 6.07) is 10.7. The van der Waals surface area contributed by atoms with Gasteiger partial charge < -0.3 is 9.73 Å². The number of anilines is 1. The zero-order valence-electron chi connectivity index (χ0n) is 15.6. The highest BCUT2D eigenvalue weighted by molar-refractivity contribution is 7.99. The minimum Gasteiger partial charge on any atom is -0.411 e. The van der Waals surface area contributed by atoms with E-state index in [9.17, 15) is 14.9 Å². The van der Waals surface area contributed by atoms with Crippen molar-refractivity contribution in [2.75, 3.05) is 11.1 Å². The highest BCUT2D eigenvalue weighted by Gasteiger charge is 2.20. The molecular formula is C19H18N4O4S. The van der Waals surface area contributed by atoms with E-state index >= 15 is 0 Å². The number of hydrogen-bond donors (Lipinski definition) is 1. The van der Waals surface area contributed by atoms with Crippen LogP contribution >= 0.6 is 11.8 Å². The third kappa shape index (κ3) is 4.20. The summed E-state index contributed by atoms with van der Waals surface area (Å²) in [4.78, 5) is 23.0. The second-order valence-corrected chi connectivity index (χ2v) is 7.11. The summed E-state index contributed by atoms with van der Waals surface area (Å²) in [5.74, 6) is -0.0245. The van der Waals surface area contributed by atoms with Crippen LogP contribution in [-0.2, 0) is 4.79 Å². The Hall–Kier alpha value is -3.20. The first kappa shape index (κ1) is 19.6. The molecule has 3 rings (SSSR count). The van der Waals surface area contributed by atoms with E-state index in [4.69, 9.17) is 4.42 Å². The number of nitro benzene ring substituents is 1. The van der Waals surface area contributed by atoms with E-state index in [0.717, 1.165) is 28.5 Å². The van der Waals surface area contributed by atoms with Gasteiger partial charge in [-0.15, -0.1) is 10.2 Å². The highest BCUT2D eigenvalue weighted by Crippen LogP contribution is 2.31. The van der Waals surface area contributed by atoms with Crippen LogP contribution in [-0.4, -0.2) is 26.8 Å². The van der Waals surface area contributed by atoms with Gasteiger partial charge in [-0.2, -0.15) is 0 Å². The first-order valence-electron chi connectivity index (χ1n) is 8.43. The molecule has 0 radical (unpaired) electrons. The number of benzene rings is 2. The predicted molar refractivity (Wildman–Crippen MR) is 106 cm³/mol. The van der Waals surface area contributed by atoms with Crippen LogP contribution in [0.25, 0.3) is 11.5 Å². The monoisotopic (exact) mass is 398 g/mol. The van der Waals surface area contributed by atoms with Gasteiger partial charge in [0.25, 0.3) is 10.9 Å². The van der Waals surface area contributed by atoms with Crippen molar-refractivity contribution < 1.29 is 14.1 Å². The number of carbonyl (C=O) groups is 1. The molecule has 144 valence electrons. The van der Waals surface area contributed by atoms with Crippen LogP contribution in [0.3, 0.4) is 0 Å². The Bertz CT molecular complexity index is 1050. The molecule has 1 amide bonds. The Balaban J connectivity index is 1.69. The Morgan fingerprint density at radius 2 is 1.89 bits per heavy atom. The second kappa shape index (κ2) is 8.22. The number of aromatic nitrogens is 2. The molecule has 3 aromatic rings. The summed E-state index contributed by atoms with van der Waals surface area (Å²) < 4.78 is 5.61. The van der Waals surface area contributed by atoms with Gasteiger partial charge in [0.1, 0.15) is 5.69 Å². The number of carbonyl (C=O) groups excluding carboxylic acids is 1. The Kier molecular flexibility index (Phi) is 5.74. The van der Waals surface area contributed by atoms with Gasteiger partial charge in [-0.1, -0.05) is 36.0 Å². The largest absolute Gasteiger partial charge is 0.411 e. The zero-order chi connectivity index (χ0) is 20.3. The summed E-state index contributed by atoms with van der Waals surface area (Å²) in [6.07, 6.45) is 0. The predicted octanol–water partition coefficient (Wildman–Crippen LogP) is 4.30. The maximum Gasteiger partial charge on any atom is 0.293 e. The first-order valence-corrected chi connectivity index (χ1v) is 9.42. The maximum absolute atomic E-state index is 12.3. The second-order valence-electron chi connectivity index (χ2n) is 6.18. The summed E-state index contributed by atoms with van der Waals surface area (Å²) in [5.41, 5.74) is 3.42. The number of hydrogen-bond acceptors (Lipinski definition) is 7.